The largest absolute Gasteiger partial charge is 0.386 e. The van der Waals surface area contributed by atoms with Gasteiger partial charge in [0.15, 0.2) is 0 Å². The lowest BCUT2D eigenvalue weighted by molar-refractivity contribution is -0.110. The van der Waals surface area contributed by atoms with Crippen LogP contribution in [0.2, 0.25) is 0 Å². The first-order chi connectivity index (χ1) is 15.7. The number of hydrogen-bond donors (Lipinski definition) is 4. The van der Waals surface area contributed by atoms with E-state index in [-0.39, 0.29) is 6.92 Å². The number of nitrogens with one attached hydrogen (secondary N) is 4. The molecule has 0 saturated carbocycles. The molecule has 0 saturated heterocycles. The maximum Gasteiger partial charge on any atom is 0.386 e. The van der Waals surface area contributed by atoms with Gasteiger partial charge in [0.2, 0.25) is 5.96 Å². The van der Waals surface area contributed by atoms with Crippen LogP contribution in [-0.2, 0) is 0 Å². The fourth-order valence-corrected chi connectivity index (χ4v) is 2.79. The molecule has 1 heterocycles. The Labute approximate surface area is 191 Å². The van der Waals surface area contributed by atoms with E-state index in [4.69, 9.17) is 0 Å². The number of guanidine groups is 1. The van der Waals surface area contributed by atoms with Crippen molar-refractivity contribution >= 4 is 35.5 Å². The minimum atomic E-state index is -4.00. The number of hydrazine groups is 1. The van der Waals surface area contributed by atoms with Crippen molar-refractivity contribution < 1.29 is 13.2 Å². The summed E-state index contributed by atoms with van der Waals surface area (Å²) >= 11 is 0. The molecule has 0 aromatic heterocycles. The molecule has 0 unspecified atom stereocenters. The Morgan fingerprint density at radius 3 is 2.45 bits per heavy atom. The molecule has 0 fully saturated rings. The van der Waals surface area contributed by atoms with Gasteiger partial charge in [-0.1, -0.05) is 18.2 Å². The number of benzene rings is 2. The number of aliphatic imine (C=N–C) groups is 3. The van der Waals surface area contributed by atoms with E-state index in [0.717, 1.165) is 34.0 Å². The van der Waals surface area contributed by atoms with Gasteiger partial charge >= 0.3 is 6.18 Å². The molecule has 0 aliphatic carbocycles. The summed E-state index contributed by atoms with van der Waals surface area (Å²) in [7, 11) is 3.60. The number of alkyl halides is 3. The second-order valence-corrected chi connectivity index (χ2v) is 6.97. The number of hydrogen-bond acceptors (Lipinski definition) is 7. The molecule has 2 aromatic rings. The van der Waals surface area contributed by atoms with E-state index in [2.05, 4.69) is 43.4 Å². The molecular weight excluding hydrogens is 431 g/mol. The maximum atomic E-state index is 10.4. The van der Waals surface area contributed by atoms with Crippen molar-refractivity contribution in [2.75, 3.05) is 30.2 Å². The summed E-state index contributed by atoms with van der Waals surface area (Å²) < 4.78 is 31.1. The van der Waals surface area contributed by atoms with Gasteiger partial charge in [-0.25, -0.2) is 10.4 Å². The molecule has 7 nitrogen and oxygen atoms in total. The number of rotatable bonds is 6. The van der Waals surface area contributed by atoms with Crippen molar-refractivity contribution in [3.8, 4) is 0 Å². The average Bonchev–Trinajstić information content (AvgIpc) is 2.95. The molecule has 0 radical (unpaired) electrons. The van der Waals surface area contributed by atoms with Crippen molar-refractivity contribution in [2.24, 2.45) is 15.0 Å². The molecular formula is C23H28F3N7. The Morgan fingerprint density at radius 1 is 1.06 bits per heavy atom. The molecule has 1 aliphatic rings. The monoisotopic (exact) mass is 459 g/mol. The molecule has 1 aliphatic heterocycles. The zero-order valence-corrected chi connectivity index (χ0v) is 19.0. The second kappa shape index (κ2) is 12.4. The lowest BCUT2D eigenvalue weighted by Gasteiger charge is -2.14. The van der Waals surface area contributed by atoms with E-state index in [1.54, 1.807) is 7.05 Å². The number of nitrogens with zero attached hydrogens (tertiary/aromatic N) is 3. The summed E-state index contributed by atoms with van der Waals surface area (Å²) in [5.41, 5.74) is 11.1. The molecule has 2 aromatic carbocycles. The summed E-state index contributed by atoms with van der Waals surface area (Å²) in [5.74, 6) is 1.28. The molecule has 3 rings (SSSR count). The predicted molar refractivity (Wildman–Crippen MR) is 131 cm³/mol. The van der Waals surface area contributed by atoms with Gasteiger partial charge in [0.25, 0.3) is 0 Å². The summed E-state index contributed by atoms with van der Waals surface area (Å²) in [6.45, 7) is 2.24. The van der Waals surface area contributed by atoms with E-state index in [1.165, 1.54) is 0 Å². The third-order valence-electron chi connectivity index (χ3n) is 4.13. The van der Waals surface area contributed by atoms with E-state index in [9.17, 15) is 13.2 Å². The predicted octanol–water partition coefficient (Wildman–Crippen LogP) is 5.35. The molecule has 33 heavy (non-hydrogen) atoms. The molecule has 10 heteroatoms. The van der Waals surface area contributed by atoms with Crippen LogP contribution in [0.15, 0.2) is 69.3 Å². The van der Waals surface area contributed by atoms with E-state index >= 15 is 0 Å². The molecule has 176 valence electrons. The number of allylic oxidation sites excluding steroid dienone is 1. The van der Waals surface area contributed by atoms with Gasteiger partial charge in [-0.15, -0.1) is 0 Å². The Hall–Kier alpha value is -3.66. The van der Waals surface area contributed by atoms with Gasteiger partial charge in [0, 0.05) is 51.2 Å². The fraction of sp³-hybridized carbons (Fsp3) is 0.261. The van der Waals surface area contributed by atoms with Crippen molar-refractivity contribution in [3.05, 3.63) is 65.5 Å². The summed E-state index contributed by atoms with van der Waals surface area (Å²) in [4.78, 5) is 13.1. The van der Waals surface area contributed by atoms with Crippen LogP contribution in [0.4, 0.5) is 30.2 Å². The van der Waals surface area contributed by atoms with Gasteiger partial charge in [-0.05, 0) is 48.4 Å². The lowest BCUT2D eigenvalue weighted by atomic mass is 10.1. The van der Waals surface area contributed by atoms with Crippen LogP contribution in [-0.4, -0.2) is 38.7 Å². The van der Waals surface area contributed by atoms with Crippen LogP contribution in [0.1, 0.15) is 24.5 Å². The normalized spacial score (nSPS) is 13.4. The van der Waals surface area contributed by atoms with Crippen LogP contribution >= 0.6 is 0 Å². The maximum absolute atomic E-state index is 10.4. The summed E-state index contributed by atoms with van der Waals surface area (Å²) in [5, 5.41) is 6.67. The van der Waals surface area contributed by atoms with Crippen molar-refractivity contribution in [1.29, 1.82) is 0 Å². The first-order valence-electron chi connectivity index (χ1n) is 10.2. The van der Waals surface area contributed by atoms with Crippen LogP contribution in [0.5, 0.6) is 0 Å². The highest BCUT2D eigenvalue weighted by Crippen LogP contribution is 2.24. The van der Waals surface area contributed by atoms with Crippen molar-refractivity contribution in [1.82, 2.24) is 5.43 Å². The second-order valence-electron chi connectivity index (χ2n) is 6.97. The SMILES string of the molecule is CC(F)(F)F.CN=Cc1cccc(NC2=NC(Nc3cccc(NNC)c3C)=CCC=N2)c1. The van der Waals surface area contributed by atoms with Gasteiger partial charge in [0.05, 0.1) is 5.69 Å². The van der Waals surface area contributed by atoms with Crippen LogP contribution < -0.4 is 21.5 Å². The number of anilines is 3. The van der Waals surface area contributed by atoms with Crippen LogP contribution in [0.25, 0.3) is 0 Å². The zero-order valence-electron chi connectivity index (χ0n) is 19.0. The molecule has 0 amide bonds. The van der Waals surface area contributed by atoms with Crippen molar-refractivity contribution in [2.45, 2.75) is 26.4 Å². The molecule has 4 N–H and O–H groups in total. The zero-order chi connectivity index (χ0) is 24.3. The van der Waals surface area contributed by atoms with Gasteiger partial charge in [-0.3, -0.25) is 4.99 Å². The Kier molecular flexibility index (Phi) is 9.62. The van der Waals surface area contributed by atoms with E-state index < -0.39 is 6.18 Å². The highest BCUT2D eigenvalue weighted by molar-refractivity contribution is 6.00. The van der Waals surface area contributed by atoms with Gasteiger partial charge in [0.1, 0.15) is 5.82 Å². The summed E-state index contributed by atoms with van der Waals surface area (Å²) in [6.07, 6.45) is 2.36. The van der Waals surface area contributed by atoms with E-state index in [0.29, 0.717) is 12.4 Å². The quantitative estimate of drug-likeness (QED) is 0.346. The third-order valence-corrected chi connectivity index (χ3v) is 4.13. The minimum Gasteiger partial charge on any atom is -0.340 e. The third kappa shape index (κ3) is 9.56. The summed E-state index contributed by atoms with van der Waals surface area (Å²) in [6, 6.07) is 14.0. The van der Waals surface area contributed by atoms with Crippen LogP contribution in [0, 0.1) is 6.92 Å². The Morgan fingerprint density at radius 2 is 1.76 bits per heavy atom. The molecule has 0 atom stereocenters. The fourth-order valence-electron chi connectivity index (χ4n) is 2.79. The van der Waals surface area contributed by atoms with Gasteiger partial charge < -0.3 is 16.1 Å². The lowest BCUT2D eigenvalue weighted by Crippen LogP contribution is -2.16. The first kappa shape index (κ1) is 25.6. The first-order valence-corrected chi connectivity index (χ1v) is 10.2. The smallest absolute Gasteiger partial charge is 0.340 e. The minimum absolute atomic E-state index is 0.188. The van der Waals surface area contributed by atoms with Crippen LogP contribution in [0.3, 0.4) is 0 Å². The highest BCUT2D eigenvalue weighted by Gasteiger charge is 2.15. The standard InChI is InChI=1S/C21H25N7.C2H3F3/c1-15-18(9-5-10-19(15)28-23-3)26-20-11-6-12-24-21(27-20)25-17-8-4-7-16(13-17)14-22-2;1-2(3,4)5/h4-5,7-14,23,26,28H,6H2,1-3H3,(H,25,27);1H3. The average molecular weight is 460 g/mol. The Bertz CT molecular complexity index is 1030. The topological polar surface area (TPSA) is 85.2 Å². The highest BCUT2D eigenvalue weighted by atomic mass is 19.4. The molecule has 0 bridgehead atoms. The molecule has 0 spiro atoms. The number of halogens is 3. The van der Waals surface area contributed by atoms with Gasteiger partial charge in [-0.2, -0.15) is 18.2 Å². The van der Waals surface area contributed by atoms with Crippen molar-refractivity contribution in [3.63, 3.8) is 0 Å². The van der Waals surface area contributed by atoms with E-state index in [1.807, 2.05) is 68.0 Å². The Balaban J connectivity index is 0.000000696.